The van der Waals surface area contributed by atoms with E-state index in [2.05, 4.69) is 0 Å². The Balaban J connectivity index is 2.09. The average molecular weight is 237 g/mol. The Kier molecular flexibility index (Phi) is 3.39. The molecule has 2 rings (SSSR count). The van der Waals surface area contributed by atoms with Crippen molar-refractivity contribution < 1.29 is 8.95 Å². The molecule has 1 heterocycles. The van der Waals surface area contributed by atoms with Crippen molar-refractivity contribution in [2.45, 2.75) is 24.7 Å². The summed E-state index contributed by atoms with van der Waals surface area (Å²) in [6.45, 7) is 2.55. The highest BCUT2D eigenvalue weighted by atomic mass is 32.2. The van der Waals surface area contributed by atoms with Crippen LogP contribution < -0.4 is 0 Å². The van der Waals surface area contributed by atoms with E-state index in [9.17, 15) is 9.42 Å². The molecular formula is C12H15NO2S. The van der Waals surface area contributed by atoms with Crippen LogP contribution in [0.2, 0.25) is 0 Å². The highest BCUT2D eigenvalue weighted by Gasteiger charge is 2.20. The molecular weight excluding hydrogens is 222 g/mol. The SMILES string of the molecule is Cc1ccc(S(=O)CC2=[N+]([O-])CCC2)cc1. The number of hydroxylamine groups is 1. The lowest BCUT2D eigenvalue weighted by molar-refractivity contribution is -0.448. The monoisotopic (exact) mass is 237 g/mol. The van der Waals surface area contributed by atoms with Crippen LogP contribution in [0.4, 0.5) is 0 Å². The van der Waals surface area contributed by atoms with Crippen LogP contribution in [0.1, 0.15) is 18.4 Å². The quantitative estimate of drug-likeness (QED) is 0.595. The summed E-state index contributed by atoms with van der Waals surface area (Å²) in [6, 6.07) is 7.63. The second-order valence-electron chi connectivity index (χ2n) is 4.07. The molecule has 1 aromatic rings. The number of nitrogens with zero attached hydrogens (tertiary/aromatic N) is 1. The predicted molar refractivity (Wildman–Crippen MR) is 65.2 cm³/mol. The van der Waals surface area contributed by atoms with E-state index >= 15 is 0 Å². The van der Waals surface area contributed by atoms with Crippen LogP contribution in [0.15, 0.2) is 29.2 Å². The summed E-state index contributed by atoms with van der Waals surface area (Å²) in [5.41, 5.74) is 1.93. The van der Waals surface area contributed by atoms with Crippen LogP contribution in [0.5, 0.6) is 0 Å². The van der Waals surface area contributed by atoms with E-state index in [0.717, 1.165) is 33.8 Å². The van der Waals surface area contributed by atoms with E-state index in [1.807, 2.05) is 31.2 Å². The van der Waals surface area contributed by atoms with Gasteiger partial charge in [0.05, 0.1) is 10.8 Å². The lowest BCUT2D eigenvalue weighted by atomic mass is 10.2. The van der Waals surface area contributed by atoms with Gasteiger partial charge in [0.15, 0.2) is 12.3 Å². The smallest absolute Gasteiger partial charge is 0.176 e. The van der Waals surface area contributed by atoms with Gasteiger partial charge >= 0.3 is 0 Å². The van der Waals surface area contributed by atoms with E-state index in [1.54, 1.807) is 0 Å². The molecule has 0 fully saturated rings. The van der Waals surface area contributed by atoms with Crippen molar-refractivity contribution in [3.63, 3.8) is 0 Å². The number of rotatable bonds is 3. The van der Waals surface area contributed by atoms with Crippen molar-refractivity contribution in [3.8, 4) is 0 Å². The number of benzene rings is 1. The standard InChI is InChI=1S/C12H15NO2S/c1-10-4-6-12(7-5-10)16(15)9-11-3-2-8-13(11)14/h4-7H,2-3,8-9H2,1H3. The molecule has 1 aliphatic rings. The van der Waals surface area contributed by atoms with Crippen LogP contribution in [-0.4, -0.2) is 27.0 Å². The first-order chi connectivity index (χ1) is 7.66. The molecule has 0 saturated carbocycles. The van der Waals surface area contributed by atoms with Gasteiger partial charge in [0.1, 0.15) is 5.75 Å². The largest absolute Gasteiger partial charge is 0.624 e. The second-order valence-corrected chi connectivity index (χ2v) is 5.53. The van der Waals surface area contributed by atoms with Gasteiger partial charge in [-0.05, 0) is 19.1 Å². The van der Waals surface area contributed by atoms with Crippen molar-refractivity contribution in [2.75, 3.05) is 12.3 Å². The minimum Gasteiger partial charge on any atom is -0.624 e. The van der Waals surface area contributed by atoms with E-state index in [-0.39, 0.29) is 0 Å². The minimum absolute atomic E-state index is 0.382. The Hall–Kier alpha value is -1.16. The van der Waals surface area contributed by atoms with Gasteiger partial charge in [-0.1, -0.05) is 17.7 Å². The van der Waals surface area contributed by atoms with Crippen LogP contribution in [0.25, 0.3) is 0 Å². The molecule has 1 aliphatic heterocycles. The normalized spacial score (nSPS) is 17.8. The molecule has 1 aromatic carbocycles. The second kappa shape index (κ2) is 4.78. The Bertz CT molecular complexity index is 437. The van der Waals surface area contributed by atoms with Gasteiger partial charge in [-0.2, -0.15) is 0 Å². The fourth-order valence-corrected chi connectivity index (χ4v) is 2.98. The van der Waals surface area contributed by atoms with Crippen molar-refractivity contribution >= 4 is 16.5 Å². The molecule has 0 aliphatic carbocycles. The molecule has 0 N–H and O–H groups in total. The summed E-state index contributed by atoms with van der Waals surface area (Å²) in [5.74, 6) is 0.382. The molecule has 4 heteroatoms. The fourth-order valence-electron chi connectivity index (χ4n) is 1.78. The number of hydrogen-bond donors (Lipinski definition) is 0. The molecule has 1 unspecified atom stereocenters. The molecule has 0 aromatic heterocycles. The molecule has 86 valence electrons. The maximum atomic E-state index is 12.0. The van der Waals surface area contributed by atoms with Gasteiger partial charge in [0.2, 0.25) is 0 Å². The van der Waals surface area contributed by atoms with E-state index in [1.165, 1.54) is 0 Å². The summed E-state index contributed by atoms with van der Waals surface area (Å²) >= 11 is 0. The zero-order valence-electron chi connectivity index (χ0n) is 9.31. The summed E-state index contributed by atoms with van der Waals surface area (Å²) < 4.78 is 13.0. The maximum absolute atomic E-state index is 12.0. The molecule has 0 spiro atoms. The summed E-state index contributed by atoms with van der Waals surface area (Å²) in [4.78, 5) is 0.804. The lowest BCUT2D eigenvalue weighted by Gasteiger charge is -2.03. The molecule has 1 atom stereocenters. The zero-order chi connectivity index (χ0) is 11.5. The van der Waals surface area contributed by atoms with Crippen LogP contribution in [-0.2, 0) is 10.8 Å². The molecule has 0 amide bonds. The van der Waals surface area contributed by atoms with Crippen LogP contribution in [0.3, 0.4) is 0 Å². The van der Waals surface area contributed by atoms with Gasteiger partial charge in [-0.3, -0.25) is 4.21 Å². The lowest BCUT2D eigenvalue weighted by Crippen LogP contribution is -2.16. The van der Waals surface area contributed by atoms with Gasteiger partial charge in [0, 0.05) is 17.7 Å². The van der Waals surface area contributed by atoms with E-state index < -0.39 is 10.8 Å². The van der Waals surface area contributed by atoms with Gasteiger partial charge in [0.25, 0.3) is 0 Å². The summed E-state index contributed by atoms with van der Waals surface area (Å²) in [6.07, 6.45) is 1.69. The molecule has 0 saturated heterocycles. The van der Waals surface area contributed by atoms with Crippen molar-refractivity contribution in [3.05, 3.63) is 35.0 Å². The van der Waals surface area contributed by atoms with E-state index in [0.29, 0.717) is 12.3 Å². The Labute approximate surface area is 97.8 Å². The molecule has 3 nitrogen and oxygen atoms in total. The van der Waals surface area contributed by atoms with Crippen molar-refractivity contribution in [1.29, 1.82) is 0 Å². The third-order valence-corrected chi connectivity index (χ3v) is 4.15. The summed E-state index contributed by atoms with van der Waals surface area (Å²) in [7, 11) is -1.08. The first-order valence-electron chi connectivity index (χ1n) is 5.41. The first kappa shape index (κ1) is 11.3. The van der Waals surface area contributed by atoms with Gasteiger partial charge in [-0.25, -0.2) is 4.74 Å². The van der Waals surface area contributed by atoms with Crippen LogP contribution in [0, 0.1) is 12.1 Å². The first-order valence-corrected chi connectivity index (χ1v) is 6.73. The van der Waals surface area contributed by atoms with Crippen LogP contribution >= 0.6 is 0 Å². The predicted octanol–water partition coefficient (Wildman–Crippen LogP) is 1.85. The number of aryl methyl sites for hydroxylation is 1. The Morgan fingerprint density at radius 2 is 2.06 bits per heavy atom. The Morgan fingerprint density at radius 3 is 2.62 bits per heavy atom. The highest BCUT2D eigenvalue weighted by Crippen LogP contribution is 2.11. The van der Waals surface area contributed by atoms with Gasteiger partial charge in [-0.15, -0.1) is 0 Å². The Morgan fingerprint density at radius 1 is 1.38 bits per heavy atom. The van der Waals surface area contributed by atoms with Crippen molar-refractivity contribution in [2.24, 2.45) is 0 Å². The van der Waals surface area contributed by atoms with E-state index in [4.69, 9.17) is 0 Å². The fraction of sp³-hybridized carbons (Fsp3) is 0.417. The minimum atomic E-state index is -1.08. The topological polar surface area (TPSA) is 43.1 Å². The third-order valence-electron chi connectivity index (χ3n) is 2.76. The average Bonchev–Trinajstić information content (AvgIpc) is 2.65. The maximum Gasteiger partial charge on any atom is 0.176 e. The molecule has 0 radical (unpaired) electrons. The summed E-state index contributed by atoms with van der Waals surface area (Å²) in [5, 5.41) is 11.3. The molecule has 0 bridgehead atoms. The van der Waals surface area contributed by atoms with Gasteiger partial charge < -0.3 is 5.21 Å². The van der Waals surface area contributed by atoms with Crippen molar-refractivity contribution in [1.82, 2.24) is 0 Å². The third kappa shape index (κ3) is 2.50. The molecule has 16 heavy (non-hydrogen) atoms. The zero-order valence-corrected chi connectivity index (χ0v) is 10.1. The number of hydrogen-bond acceptors (Lipinski definition) is 2. The highest BCUT2D eigenvalue weighted by molar-refractivity contribution is 7.85.